The van der Waals surface area contributed by atoms with E-state index in [0.29, 0.717) is 16.7 Å². The van der Waals surface area contributed by atoms with Crippen LogP contribution in [0.2, 0.25) is 0 Å². The summed E-state index contributed by atoms with van der Waals surface area (Å²) >= 11 is 5.33. The molecule has 25 heavy (non-hydrogen) atoms. The van der Waals surface area contributed by atoms with Crippen molar-refractivity contribution >= 4 is 23.0 Å². The minimum absolute atomic E-state index is 0.0376. The Balaban J connectivity index is 2.03. The van der Waals surface area contributed by atoms with E-state index in [9.17, 15) is 13.2 Å². The molecule has 0 saturated heterocycles. The molecule has 6 heteroatoms. The van der Waals surface area contributed by atoms with Gasteiger partial charge in [-0.05, 0) is 54.4 Å². The van der Waals surface area contributed by atoms with Gasteiger partial charge in [0.2, 0.25) is 0 Å². The van der Waals surface area contributed by atoms with Crippen molar-refractivity contribution in [2.75, 3.05) is 5.32 Å². The number of anilines is 1. The Morgan fingerprint density at radius 3 is 2.12 bits per heavy atom. The molecule has 0 saturated carbocycles. The summed E-state index contributed by atoms with van der Waals surface area (Å²) in [7, 11) is 0. The van der Waals surface area contributed by atoms with Gasteiger partial charge in [0.1, 0.15) is 0 Å². The fourth-order valence-corrected chi connectivity index (χ4v) is 2.76. The number of nitrogens with one attached hydrogen (secondary N) is 2. The number of alkyl halides is 3. The SMILES string of the molecule is CC(C)C[C@@H](NC(=S)Nc1ccc(C(F)(F)F)cc1)c1ccccc1. The van der Waals surface area contributed by atoms with E-state index in [1.54, 1.807) is 0 Å². The first-order valence-corrected chi connectivity index (χ1v) is 8.46. The maximum absolute atomic E-state index is 12.6. The summed E-state index contributed by atoms with van der Waals surface area (Å²) in [6.45, 7) is 4.26. The number of thiocarbonyl (C=S) groups is 1. The number of benzene rings is 2. The highest BCUT2D eigenvalue weighted by Crippen LogP contribution is 2.30. The number of hydrogen-bond acceptors (Lipinski definition) is 1. The van der Waals surface area contributed by atoms with Crippen molar-refractivity contribution in [3.8, 4) is 0 Å². The lowest BCUT2D eigenvalue weighted by Crippen LogP contribution is -2.33. The third-order valence-corrected chi connectivity index (χ3v) is 3.90. The topological polar surface area (TPSA) is 24.1 Å². The molecule has 0 amide bonds. The first kappa shape index (κ1) is 19.2. The molecule has 2 rings (SSSR count). The van der Waals surface area contributed by atoms with Crippen molar-refractivity contribution in [1.82, 2.24) is 5.32 Å². The van der Waals surface area contributed by atoms with Gasteiger partial charge in [-0.15, -0.1) is 0 Å². The third kappa shape index (κ3) is 6.05. The maximum Gasteiger partial charge on any atom is 0.416 e. The summed E-state index contributed by atoms with van der Waals surface area (Å²) in [6, 6.07) is 14.8. The van der Waals surface area contributed by atoms with Gasteiger partial charge in [-0.2, -0.15) is 13.2 Å². The second-order valence-corrected chi connectivity index (χ2v) is 6.67. The Morgan fingerprint density at radius 2 is 1.60 bits per heavy atom. The molecule has 134 valence electrons. The van der Waals surface area contributed by atoms with Gasteiger partial charge in [0.15, 0.2) is 5.11 Å². The first-order chi connectivity index (χ1) is 11.8. The van der Waals surface area contributed by atoms with Crippen molar-refractivity contribution in [1.29, 1.82) is 0 Å². The molecule has 2 aromatic carbocycles. The van der Waals surface area contributed by atoms with E-state index in [1.807, 2.05) is 30.3 Å². The van der Waals surface area contributed by atoms with Gasteiger partial charge >= 0.3 is 6.18 Å². The Morgan fingerprint density at radius 1 is 1.00 bits per heavy atom. The van der Waals surface area contributed by atoms with Gasteiger partial charge in [-0.25, -0.2) is 0 Å². The Kier molecular flexibility index (Phi) is 6.42. The largest absolute Gasteiger partial charge is 0.416 e. The van der Waals surface area contributed by atoms with E-state index in [-0.39, 0.29) is 6.04 Å². The Hall–Kier alpha value is -2.08. The van der Waals surface area contributed by atoms with Crippen LogP contribution >= 0.6 is 12.2 Å². The predicted octanol–water partition coefficient (Wildman–Crippen LogP) is 5.78. The molecule has 0 unspecified atom stereocenters. The van der Waals surface area contributed by atoms with Gasteiger partial charge in [0, 0.05) is 5.69 Å². The van der Waals surface area contributed by atoms with Crippen LogP contribution < -0.4 is 10.6 Å². The Bertz CT molecular complexity index is 682. The molecule has 0 fully saturated rings. The zero-order chi connectivity index (χ0) is 18.4. The van der Waals surface area contributed by atoms with Crippen molar-refractivity contribution < 1.29 is 13.2 Å². The molecule has 2 N–H and O–H groups in total. The highest BCUT2D eigenvalue weighted by molar-refractivity contribution is 7.80. The standard InChI is InChI=1S/C19H21F3N2S/c1-13(2)12-17(14-6-4-3-5-7-14)24-18(25)23-16-10-8-15(9-11-16)19(20,21)22/h3-11,13,17H,12H2,1-2H3,(H2,23,24,25)/t17-/m1/s1. The number of rotatable bonds is 5. The molecular formula is C19H21F3N2S. The highest BCUT2D eigenvalue weighted by Gasteiger charge is 2.29. The van der Waals surface area contributed by atoms with Crippen LogP contribution in [-0.4, -0.2) is 5.11 Å². The van der Waals surface area contributed by atoms with E-state index in [2.05, 4.69) is 24.5 Å². The van der Waals surface area contributed by atoms with Crippen LogP contribution in [0.25, 0.3) is 0 Å². The molecule has 2 aromatic rings. The summed E-state index contributed by atoms with van der Waals surface area (Å²) in [6.07, 6.45) is -3.45. The van der Waals surface area contributed by atoms with Gasteiger partial charge in [-0.3, -0.25) is 0 Å². The van der Waals surface area contributed by atoms with E-state index in [4.69, 9.17) is 12.2 Å². The highest BCUT2D eigenvalue weighted by atomic mass is 32.1. The minimum atomic E-state index is -4.34. The van der Waals surface area contributed by atoms with Crippen molar-refractivity contribution in [3.63, 3.8) is 0 Å². The third-order valence-electron chi connectivity index (χ3n) is 3.68. The van der Waals surface area contributed by atoms with Crippen LogP contribution in [0, 0.1) is 5.92 Å². The fourth-order valence-electron chi connectivity index (χ4n) is 2.50. The molecule has 2 nitrogen and oxygen atoms in total. The lowest BCUT2D eigenvalue weighted by Gasteiger charge is -2.23. The van der Waals surface area contributed by atoms with Crippen LogP contribution in [0.1, 0.15) is 37.4 Å². The first-order valence-electron chi connectivity index (χ1n) is 8.05. The van der Waals surface area contributed by atoms with E-state index in [1.165, 1.54) is 12.1 Å². The van der Waals surface area contributed by atoms with Gasteiger partial charge in [0.25, 0.3) is 0 Å². The van der Waals surface area contributed by atoms with Crippen LogP contribution in [-0.2, 0) is 6.18 Å². The minimum Gasteiger partial charge on any atom is -0.356 e. The molecule has 0 heterocycles. The fraction of sp³-hybridized carbons (Fsp3) is 0.316. The zero-order valence-corrected chi connectivity index (χ0v) is 14.9. The molecule has 1 atom stereocenters. The molecule has 0 spiro atoms. The number of halogens is 3. The summed E-state index contributed by atoms with van der Waals surface area (Å²) in [5.41, 5.74) is 0.952. The van der Waals surface area contributed by atoms with Crippen LogP contribution in [0.5, 0.6) is 0 Å². The normalized spacial score (nSPS) is 12.7. The van der Waals surface area contributed by atoms with E-state index in [0.717, 1.165) is 24.1 Å². The van der Waals surface area contributed by atoms with E-state index >= 15 is 0 Å². The smallest absolute Gasteiger partial charge is 0.356 e. The molecule has 0 radical (unpaired) electrons. The molecule has 0 aliphatic heterocycles. The quantitative estimate of drug-likeness (QED) is 0.656. The molecule has 0 bridgehead atoms. The molecule has 0 aromatic heterocycles. The van der Waals surface area contributed by atoms with Crippen molar-refractivity contribution in [2.24, 2.45) is 5.92 Å². The maximum atomic E-state index is 12.6. The summed E-state index contributed by atoms with van der Waals surface area (Å²) in [5.74, 6) is 0.464. The Labute approximate surface area is 151 Å². The van der Waals surface area contributed by atoms with Crippen LogP contribution in [0.3, 0.4) is 0 Å². The monoisotopic (exact) mass is 366 g/mol. The summed E-state index contributed by atoms with van der Waals surface area (Å²) < 4.78 is 37.8. The summed E-state index contributed by atoms with van der Waals surface area (Å²) in [4.78, 5) is 0. The van der Waals surface area contributed by atoms with Crippen molar-refractivity contribution in [3.05, 3.63) is 65.7 Å². The second kappa shape index (κ2) is 8.34. The lowest BCUT2D eigenvalue weighted by atomic mass is 9.97. The average Bonchev–Trinajstić information content (AvgIpc) is 2.54. The van der Waals surface area contributed by atoms with Gasteiger partial charge in [0.05, 0.1) is 11.6 Å². The van der Waals surface area contributed by atoms with Crippen molar-refractivity contribution in [2.45, 2.75) is 32.5 Å². The predicted molar refractivity (Wildman–Crippen MR) is 99.4 cm³/mol. The van der Waals surface area contributed by atoms with Crippen LogP contribution in [0.4, 0.5) is 18.9 Å². The zero-order valence-electron chi connectivity index (χ0n) is 14.1. The van der Waals surface area contributed by atoms with Gasteiger partial charge in [-0.1, -0.05) is 44.2 Å². The molecule has 0 aliphatic carbocycles. The number of hydrogen-bond donors (Lipinski definition) is 2. The average molecular weight is 366 g/mol. The second-order valence-electron chi connectivity index (χ2n) is 6.27. The molecular weight excluding hydrogens is 345 g/mol. The van der Waals surface area contributed by atoms with Crippen LogP contribution in [0.15, 0.2) is 54.6 Å². The van der Waals surface area contributed by atoms with Gasteiger partial charge < -0.3 is 10.6 Å². The molecule has 0 aliphatic rings. The summed E-state index contributed by atoms with van der Waals surface area (Å²) in [5, 5.41) is 6.59. The van der Waals surface area contributed by atoms with E-state index < -0.39 is 11.7 Å². The lowest BCUT2D eigenvalue weighted by molar-refractivity contribution is -0.137.